The third-order valence-corrected chi connectivity index (χ3v) is 6.10. The number of benzene rings is 2. The largest absolute Gasteiger partial charge is 0.497 e. The van der Waals surface area contributed by atoms with Crippen molar-refractivity contribution in [3.63, 3.8) is 0 Å². The van der Waals surface area contributed by atoms with Crippen LogP contribution in [-0.4, -0.2) is 58.9 Å². The number of anilines is 1. The average molecular weight is 448 g/mol. The molecule has 174 valence electrons. The molecule has 0 atom stereocenters. The van der Waals surface area contributed by atoms with Crippen molar-refractivity contribution in [1.29, 1.82) is 0 Å². The number of hydrogen-bond donors (Lipinski definition) is 1. The van der Waals surface area contributed by atoms with Gasteiger partial charge >= 0.3 is 0 Å². The summed E-state index contributed by atoms with van der Waals surface area (Å²) < 4.78 is 7.27. The highest BCUT2D eigenvalue weighted by Crippen LogP contribution is 2.18. The smallest absolute Gasteiger partial charge is 0.194 e. The maximum Gasteiger partial charge on any atom is 0.194 e. The molecule has 33 heavy (non-hydrogen) atoms. The quantitative estimate of drug-likeness (QED) is 0.463. The Labute approximate surface area is 195 Å². The Morgan fingerprint density at radius 3 is 2.42 bits per heavy atom. The molecule has 8 heteroatoms. The first kappa shape index (κ1) is 22.6. The number of piperazine rings is 1. The number of rotatable bonds is 6. The van der Waals surface area contributed by atoms with Gasteiger partial charge in [0.2, 0.25) is 0 Å². The topological polar surface area (TPSA) is 70.8 Å². The average Bonchev–Trinajstić information content (AvgIpc) is 3.17. The van der Waals surface area contributed by atoms with E-state index in [0.29, 0.717) is 13.1 Å². The predicted molar refractivity (Wildman–Crippen MR) is 132 cm³/mol. The lowest BCUT2D eigenvalue weighted by Crippen LogP contribution is -2.52. The third-order valence-electron chi connectivity index (χ3n) is 6.10. The molecular weight excluding hydrogens is 414 g/mol. The molecule has 1 aliphatic rings. The van der Waals surface area contributed by atoms with Crippen LogP contribution in [0.25, 0.3) is 0 Å². The summed E-state index contributed by atoms with van der Waals surface area (Å²) in [6.45, 7) is 8.99. The van der Waals surface area contributed by atoms with E-state index in [2.05, 4.69) is 68.6 Å². The Morgan fingerprint density at radius 1 is 1.03 bits per heavy atom. The second-order valence-corrected chi connectivity index (χ2v) is 8.38. The highest BCUT2D eigenvalue weighted by Gasteiger charge is 2.20. The molecule has 0 unspecified atom stereocenters. The molecule has 2 aromatic carbocycles. The van der Waals surface area contributed by atoms with Gasteiger partial charge in [-0.25, -0.2) is 4.99 Å². The fourth-order valence-electron chi connectivity index (χ4n) is 3.93. The summed E-state index contributed by atoms with van der Waals surface area (Å²) in [6, 6.07) is 16.8. The van der Waals surface area contributed by atoms with Crippen LogP contribution in [0.2, 0.25) is 0 Å². The van der Waals surface area contributed by atoms with Crippen LogP contribution in [0.15, 0.2) is 53.5 Å². The Kier molecular flexibility index (Phi) is 7.12. The summed E-state index contributed by atoms with van der Waals surface area (Å²) in [5.41, 5.74) is 3.72. The molecule has 1 aromatic heterocycles. The van der Waals surface area contributed by atoms with E-state index in [4.69, 9.17) is 9.73 Å². The number of methoxy groups -OCH3 is 1. The van der Waals surface area contributed by atoms with Crippen LogP contribution in [0.4, 0.5) is 5.69 Å². The molecule has 0 saturated carbocycles. The number of aromatic nitrogens is 3. The minimum atomic E-state index is 0.580. The number of aliphatic imine (C=N–C) groups is 1. The Hall–Kier alpha value is -3.55. The number of nitrogens with zero attached hydrogens (tertiary/aromatic N) is 6. The maximum atomic E-state index is 5.27. The van der Waals surface area contributed by atoms with Gasteiger partial charge in [-0.15, -0.1) is 10.2 Å². The lowest BCUT2D eigenvalue weighted by atomic mass is 10.2. The van der Waals surface area contributed by atoms with Crippen molar-refractivity contribution < 1.29 is 4.74 Å². The first-order chi connectivity index (χ1) is 16.0. The minimum absolute atomic E-state index is 0.580. The molecule has 1 fully saturated rings. The molecule has 0 spiro atoms. The molecule has 1 saturated heterocycles. The molecule has 2 heterocycles. The van der Waals surface area contributed by atoms with E-state index >= 15 is 0 Å². The molecular formula is C25H33N7O. The highest BCUT2D eigenvalue weighted by atomic mass is 16.5. The summed E-state index contributed by atoms with van der Waals surface area (Å²) in [5.74, 6) is 3.54. The monoisotopic (exact) mass is 447 g/mol. The van der Waals surface area contributed by atoms with Crippen molar-refractivity contribution in [2.75, 3.05) is 38.2 Å². The zero-order valence-corrected chi connectivity index (χ0v) is 20.0. The molecule has 0 aliphatic carbocycles. The number of hydrogen-bond acceptors (Lipinski definition) is 5. The van der Waals surface area contributed by atoms with E-state index in [0.717, 1.165) is 55.1 Å². The normalized spacial score (nSPS) is 14.5. The van der Waals surface area contributed by atoms with E-state index in [-0.39, 0.29) is 0 Å². The van der Waals surface area contributed by atoms with Crippen LogP contribution in [0, 0.1) is 13.8 Å². The molecule has 1 aliphatic heterocycles. The zero-order valence-electron chi connectivity index (χ0n) is 20.0. The first-order valence-corrected chi connectivity index (χ1v) is 11.4. The van der Waals surface area contributed by atoms with Crippen LogP contribution in [0.3, 0.4) is 0 Å². The predicted octanol–water partition coefficient (Wildman–Crippen LogP) is 2.91. The molecule has 1 N–H and O–H groups in total. The summed E-state index contributed by atoms with van der Waals surface area (Å²) >= 11 is 0. The van der Waals surface area contributed by atoms with Gasteiger partial charge < -0.3 is 24.4 Å². The summed E-state index contributed by atoms with van der Waals surface area (Å²) in [6.07, 6.45) is 0. The molecule has 0 radical (unpaired) electrons. The Bertz CT molecular complexity index is 1080. The van der Waals surface area contributed by atoms with Crippen molar-refractivity contribution in [3.05, 3.63) is 71.3 Å². The Morgan fingerprint density at radius 2 is 1.79 bits per heavy atom. The maximum absolute atomic E-state index is 5.27. The molecule has 8 nitrogen and oxygen atoms in total. The van der Waals surface area contributed by atoms with E-state index in [1.807, 2.05) is 30.7 Å². The van der Waals surface area contributed by atoms with Crippen LogP contribution in [0.1, 0.15) is 22.8 Å². The van der Waals surface area contributed by atoms with Crippen LogP contribution in [0.5, 0.6) is 5.75 Å². The second-order valence-electron chi connectivity index (χ2n) is 8.38. The first-order valence-electron chi connectivity index (χ1n) is 11.4. The van der Waals surface area contributed by atoms with Gasteiger partial charge in [0.25, 0.3) is 0 Å². The van der Waals surface area contributed by atoms with Gasteiger partial charge in [0.15, 0.2) is 11.8 Å². The van der Waals surface area contributed by atoms with E-state index < -0.39 is 0 Å². The van der Waals surface area contributed by atoms with Crippen molar-refractivity contribution in [1.82, 2.24) is 25.0 Å². The fourth-order valence-corrected chi connectivity index (χ4v) is 3.93. The van der Waals surface area contributed by atoms with Crippen LogP contribution < -0.4 is 15.0 Å². The molecule has 0 amide bonds. The van der Waals surface area contributed by atoms with Gasteiger partial charge in [-0.2, -0.15) is 0 Å². The number of nitrogens with one attached hydrogen (secondary N) is 1. The zero-order chi connectivity index (χ0) is 23.2. The van der Waals surface area contributed by atoms with Gasteiger partial charge in [0.1, 0.15) is 11.6 Å². The lowest BCUT2D eigenvalue weighted by Gasteiger charge is -2.38. The van der Waals surface area contributed by atoms with Gasteiger partial charge in [-0.1, -0.05) is 24.3 Å². The van der Waals surface area contributed by atoms with Gasteiger partial charge in [-0.3, -0.25) is 0 Å². The van der Waals surface area contributed by atoms with Gasteiger partial charge in [0, 0.05) is 38.9 Å². The summed E-state index contributed by atoms with van der Waals surface area (Å²) in [5, 5.41) is 12.0. The fraction of sp³-hybridized carbons (Fsp3) is 0.400. The number of aryl methyl sites for hydroxylation is 2. The van der Waals surface area contributed by atoms with Crippen molar-refractivity contribution in [2.24, 2.45) is 12.0 Å². The minimum Gasteiger partial charge on any atom is -0.497 e. The van der Waals surface area contributed by atoms with Crippen LogP contribution in [-0.2, 0) is 20.1 Å². The number of ether oxygens (including phenoxy) is 1. The summed E-state index contributed by atoms with van der Waals surface area (Å²) in [4.78, 5) is 9.72. The summed E-state index contributed by atoms with van der Waals surface area (Å²) in [7, 11) is 3.67. The SMILES string of the molecule is COc1ccc(CN=C(NCc2nnc(C)n2C)N2CCN(c3cccc(C)c3)CC2)cc1. The number of guanidine groups is 1. The Balaban J connectivity index is 1.46. The second kappa shape index (κ2) is 10.4. The molecule has 4 rings (SSSR count). The highest BCUT2D eigenvalue weighted by molar-refractivity contribution is 5.80. The molecule has 3 aromatic rings. The molecule has 0 bridgehead atoms. The third kappa shape index (κ3) is 5.63. The standard InChI is InChI=1S/C25H33N7O/c1-19-6-5-7-22(16-19)31-12-14-32(15-13-31)25(27-18-24-29-28-20(2)30(24)3)26-17-21-8-10-23(33-4)11-9-21/h5-11,16H,12-15,17-18H2,1-4H3,(H,26,27). The van der Waals surface area contributed by atoms with Crippen molar-refractivity contribution in [3.8, 4) is 5.75 Å². The van der Waals surface area contributed by atoms with E-state index in [1.54, 1.807) is 7.11 Å². The lowest BCUT2D eigenvalue weighted by molar-refractivity contribution is 0.370. The van der Waals surface area contributed by atoms with E-state index in [9.17, 15) is 0 Å². The van der Waals surface area contributed by atoms with E-state index in [1.165, 1.54) is 11.3 Å². The van der Waals surface area contributed by atoms with Crippen molar-refractivity contribution in [2.45, 2.75) is 26.9 Å². The van der Waals surface area contributed by atoms with Crippen molar-refractivity contribution >= 4 is 11.6 Å². The van der Waals surface area contributed by atoms with Crippen LogP contribution >= 0.6 is 0 Å². The van der Waals surface area contributed by atoms with Gasteiger partial charge in [-0.05, 0) is 49.2 Å². The van der Waals surface area contributed by atoms with Gasteiger partial charge in [0.05, 0.1) is 20.2 Å².